The van der Waals surface area contributed by atoms with Crippen LogP contribution in [0.2, 0.25) is 0 Å². The van der Waals surface area contributed by atoms with Crippen LogP contribution in [-0.2, 0) is 26.7 Å². The van der Waals surface area contributed by atoms with Gasteiger partial charge in [0.2, 0.25) is 0 Å². The minimum absolute atomic E-state index is 0.0906. The standard InChI is InChI=1S/C31H32F3NO6S/c1-3-21-16-23(22-7-9-24(10-8-22)41-31(32,33)34)17-26-29(21)35(19-30(26)13-5-4-6-14-30)42(38,39)25-11-12-27(20(2)15-25)40-18-28(36)37/h7-12,15-17H,3-6,13-14,18-19H2,1-2H3,(H,36,37). The average Bonchev–Trinajstić information content (AvgIpc) is 3.25. The summed E-state index contributed by atoms with van der Waals surface area (Å²) in [5.41, 5.74) is 4.11. The van der Waals surface area contributed by atoms with Crippen molar-refractivity contribution in [2.24, 2.45) is 0 Å². The highest BCUT2D eigenvalue weighted by Crippen LogP contribution is 2.53. The summed E-state index contributed by atoms with van der Waals surface area (Å²) in [6.07, 6.45) is 0.442. The summed E-state index contributed by atoms with van der Waals surface area (Å²) in [4.78, 5) is 11.0. The zero-order valence-corrected chi connectivity index (χ0v) is 24.1. The number of anilines is 1. The molecule has 1 heterocycles. The van der Waals surface area contributed by atoms with Gasteiger partial charge in [-0.3, -0.25) is 4.31 Å². The second kappa shape index (κ2) is 11.2. The molecule has 42 heavy (non-hydrogen) atoms. The maximum Gasteiger partial charge on any atom is 0.573 e. The van der Waals surface area contributed by atoms with Crippen LogP contribution < -0.4 is 13.8 Å². The molecule has 1 saturated carbocycles. The molecule has 7 nitrogen and oxygen atoms in total. The van der Waals surface area contributed by atoms with E-state index in [0.717, 1.165) is 48.8 Å². The second-order valence-corrected chi connectivity index (χ2v) is 12.8. The van der Waals surface area contributed by atoms with E-state index in [9.17, 15) is 26.4 Å². The van der Waals surface area contributed by atoms with Crippen molar-refractivity contribution >= 4 is 21.7 Å². The quantitative estimate of drug-likeness (QED) is 0.298. The van der Waals surface area contributed by atoms with Crippen molar-refractivity contribution in [2.45, 2.75) is 69.0 Å². The number of fused-ring (bicyclic) bond motifs is 2. The van der Waals surface area contributed by atoms with Crippen molar-refractivity contribution in [3.63, 3.8) is 0 Å². The van der Waals surface area contributed by atoms with Crippen molar-refractivity contribution in [1.29, 1.82) is 0 Å². The van der Waals surface area contributed by atoms with Gasteiger partial charge < -0.3 is 14.6 Å². The molecule has 5 rings (SSSR count). The molecule has 1 fully saturated rings. The van der Waals surface area contributed by atoms with E-state index in [0.29, 0.717) is 35.5 Å². The van der Waals surface area contributed by atoms with Crippen molar-refractivity contribution in [3.05, 3.63) is 71.3 Å². The SMILES string of the molecule is CCc1cc(-c2ccc(OC(F)(F)F)cc2)cc2c1N(S(=O)(=O)c1ccc(OCC(=O)O)c(C)c1)CC21CCCCC1. The number of hydrogen-bond donors (Lipinski definition) is 1. The summed E-state index contributed by atoms with van der Waals surface area (Å²) in [6.45, 7) is 3.39. The van der Waals surface area contributed by atoms with Gasteiger partial charge in [-0.25, -0.2) is 13.2 Å². The zero-order chi connectivity index (χ0) is 30.3. The Kier molecular flexibility index (Phi) is 7.91. The second-order valence-electron chi connectivity index (χ2n) is 10.9. The number of ether oxygens (including phenoxy) is 2. The number of hydrogen-bond acceptors (Lipinski definition) is 5. The largest absolute Gasteiger partial charge is 0.573 e. The molecule has 1 spiro atoms. The molecular weight excluding hydrogens is 571 g/mol. The molecule has 0 amide bonds. The van der Waals surface area contributed by atoms with E-state index < -0.39 is 29.0 Å². The Morgan fingerprint density at radius 2 is 1.69 bits per heavy atom. The van der Waals surface area contributed by atoms with Crippen molar-refractivity contribution < 1.29 is 41.0 Å². The van der Waals surface area contributed by atoms with Gasteiger partial charge in [0.25, 0.3) is 10.0 Å². The van der Waals surface area contributed by atoms with E-state index in [2.05, 4.69) is 4.74 Å². The first-order chi connectivity index (χ1) is 19.8. The number of benzene rings is 3. The van der Waals surface area contributed by atoms with E-state index in [-0.39, 0.29) is 16.1 Å². The van der Waals surface area contributed by atoms with Gasteiger partial charge in [0.1, 0.15) is 11.5 Å². The molecule has 3 aromatic carbocycles. The Morgan fingerprint density at radius 1 is 1.00 bits per heavy atom. The number of carboxylic acids is 1. The lowest BCUT2D eigenvalue weighted by Crippen LogP contribution is -2.38. The smallest absolute Gasteiger partial charge is 0.482 e. The Balaban J connectivity index is 1.57. The number of alkyl halides is 3. The summed E-state index contributed by atoms with van der Waals surface area (Å²) in [6, 6.07) is 14.1. The number of sulfonamides is 1. The maximum atomic E-state index is 14.2. The summed E-state index contributed by atoms with van der Waals surface area (Å²) in [7, 11) is -3.99. The van der Waals surface area contributed by atoms with Crippen molar-refractivity contribution in [3.8, 4) is 22.6 Å². The van der Waals surface area contributed by atoms with Crippen LogP contribution >= 0.6 is 0 Å². The number of carboxylic acid groups (broad SMARTS) is 1. The van der Waals surface area contributed by atoms with E-state index in [1.807, 2.05) is 19.1 Å². The summed E-state index contributed by atoms with van der Waals surface area (Å²) in [5.74, 6) is -1.14. The Hall–Kier alpha value is -3.73. The van der Waals surface area contributed by atoms with Crippen molar-refractivity contribution in [1.82, 2.24) is 0 Å². The fourth-order valence-electron chi connectivity index (χ4n) is 6.19. The Morgan fingerprint density at radius 3 is 2.29 bits per heavy atom. The molecule has 1 aliphatic heterocycles. The number of halogens is 3. The number of aryl methyl sites for hydroxylation is 2. The third-order valence-electron chi connectivity index (χ3n) is 8.15. The molecule has 11 heteroatoms. The molecule has 3 aromatic rings. The number of nitrogens with zero attached hydrogens (tertiary/aromatic N) is 1. The van der Waals surface area contributed by atoms with Gasteiger partial charge in [0, 0.05) is 12.0 Å². The van der Waals surface area contributed by atoms with Crippen molar-refractivity contribution in [2.75, 3.05) is 17.5 Å². The van der Waals surface area contributed by atoms with Crippen LogP contribution in [-0.4, -0.2) is 39.0 Å². The fraction of sp³-hybridized carbons (Fsp3) is 0.387. The lowest BCUT2D eigenvalue weighted by molar-refractivity contribution is -0.274. The fourth-order valence-corrected chi connectivity index (χ4v) is 7.88. The Labute approximate surface area is 242 Å². The van der Waals surface area contributed by atoms with Crippen LogP contribution in [0.15, 0.2) is 59.5 Å². The highest BCUT2D eigenvalue weighted by atomic mass is 32.2. The Bertz CT molecular complexity index is 1600. The van der Waals surface area contributed by atoms with Gasteiger partial charge in [-0.15, -0.1) is 13.2 Å². The molecule has 0 bridgehead atoms. The van der Waals surface area contributed by atoms with Crippen LogP contribution in [0.3, 0.4) is 0 Å². The number of aliphatic carboxylic acids is 1. The van der Waals surface area contributed by atoms with Gasteiger partial charge >= 0.3 is 12.3 Å². The maximum absolute atomic E-state index is 14.2. The highest BCUT2D eigenvalue weighted by Gasteiger charge is 2.48. The highest BCUT2D eigenvalue weighted by molar-refractivity contribution is 7.92. The molecular formula is C31H32F3NO6S. The molecule has 224 valence electrons. The summed E-state index contributed by atoms with van der Waals surface area (Å²) in [5, 5.41) is 8.93. The van der Waals surface area contributed by atoms with Crippen LogP contribution in [0.1, 0.15) is 55.7 Å². The van der Waals surface area contributed by atoms with E-state index in [4.69, 9.17) is 9.84 Å². The molecule has 1 aliphatic carbocycles. The molecule has 0 unspecified atom stereocenters. The van der Waals surface area contributed by atoms with E-state index in [1.54, 1.807) is 19.1 Å². The lowest BCUT2D eigenvalue weighted by atomic mass is 9.70. The zero-order valence-electron chi connectivity index (χ0n) is 23.3. The lowest BCUT2D eigenvalue weighted by Gasteiger charge is -2.34. The minimum atomic E-state index is -4.78. The monoisotopic (exact) mass is 603 g/mol. The topological polar surface area (TPSA) is 93.1 Å². The minimum Gasteiger partial charge on any atom is -0.482 e. The average molecular weight is 604 g/mol. The first-order valence-corrected chi connectivity index (χ1v) is 15.3. The molecule has 0 radical (unpaired) electrons. The van der Waals surface area contributed by atoms with Crippen LogP contribution in [0.25, 0.3) is 11.1 Å². The third-order valence-corrected chi connectivity index (χ3v) is 9.90. The molecule has 2 aliphatic rings. The predicted molar refractivity (Wildman–Crippen MR) is 152 cm³/mol. The van der Waals surface area contributed by atoms with Crippen LogP contribution in [0.4, 0.5) is 18.9 Å². The van der Waals surface area contributed by atoms with E-state index >= 15 is 0 Å². The van der Waals surface area contributed by atoms with Gasteiger partial charge in [-0.2, -0.15) is 0 Å². The van der Waals surface area contributed by atoms with Gasteiger partial charge in [-0.1, -0.05) is 38.3 Å². The van der Waals surface area contributed by atoms with Gasteiger partial charge in [-0.05, 0) is 96.5 Å². The van der Waals surface area contributed by atoms with Gasteiger partial charge in [0.05, 0.1) is 10.6 Å². The third kappa shape index (κ3) is 5.79. The summed E-state index contributed by atoms with van der Waals surface area (Å²) < 4.78 is 77.3. The van der Waals surface area contributed by atoms with E-state index in [1.165, 1.54) is 34.6 Å². The van der Waals surface area contributed by atoms with Crippen LogP contribution in [0, 0.1) is 6.92 Å². The van der Waals surface area contributed by atoms with Crippen LogP contribution in [0.5, 0.6) is 11.5 Å². The molecule has 0 atom stereocenters. The summed E-state index contributed by atoms with van der Waals surface area (Å²) >= 11 is 0. The first kappa shape index (κ1) is 29.8. The van der Waals surface area contributed by atoms with Gasteiger partial charge in [0.15, 0.2) is 6.61 Å². The molecule has 1 N–H and O–H groups in total. The number of rotatable bonds is 8. The number of carbonyl (C=O) groups is 1. The molecule has 0 aromatic heterocycles. The normalized spacial score (nSPS) is 16.4. The predicted octanol–water partition coefficient (Wildman–Crippen LogP) is 7.00. The first-order valence-electron chi connectivity index (χ1n) is 13.8. The molecule has 0 saturated heterocycles.